The van der Waals surface area contributed by atoms with Crippen LogP contribution in [0.3, 0.4) is 0 Å². The molecule has 1 unspecified atom stereocenters. The summed E-state index contributed by atoms with van der Waals surface area (Å²) in [5, 5.41) is 0. The van der Waals surface area contributed by atoms with E-state index in [0.717, 1.165) is 5.92 Å². The van der Waals surface area contributed by atoms with Gasteiger partial charge in [-0.1, -0.05) is 31.7 Å². The molecule has 0 saturated heterocycles. The van der Waals surface area contributed by atoms with Gasteiger partial charge in [0.1, 0.15) is 0 Å². The Morgan fingerprint density at radius 3 is 2.75 bits per heavy atom. The SMILES string of the molecule is C=C/C=C1/CC(C)CC/C1=C/C. The summed E-state index contributed by atoms with van der Waals surface area (Å²) in [4.78, 5) is 0. The van der Waals surface area contributed by atoms with E-state index in [2.05, 4.69) is 32.6 Å². The van der Waals surface area contributed by atoms with Gasteiger partial charge >= 0.3 is 0 Å². The Morgan fingerprint density at radius 2 is 2.17 bits per heavy atom. The maximum atomic E-state index is 3.74. The second-order valence-electron chi connectivity index (χ2n) is 3.59. The van der Waals surface area contributed by atoms with Crippen LogP contribution in [0.25, 0.3) is 0 Å². The molecular formula is C12H18. The van der Waals surface area contributed by atoms with Gasteiger partial charge in [-0.2, -0.15) is 0 Å². The van der Waals surface area contributed by atoms with Gasteiger partial charge in [0.25, 0.3) is 0 Å². The average molecular weight is 162 g/mol. The van der Waals surface area contributed by atoms with E-state index in [9.17, 15) is 0 Å². The molecule has 1 fully saturated rings. The fraction of sp³-hybridized carbons (Fsp3) is 0.500. The molecule has 0 bridgehead atoms. The van der Waals surface area contributed by atoms with Gasteiger partial charge in [-0.15, -0.1) is 0 Å². The summed E-state index contributed by atoms with van der Waals surface area (Å²) < 4.78 is 0. The summed E-state index contributed by atoms with van der Waals surface area (Å²) in [5.41, 5.74) is 3.01. The van der Waals surface area contributed by atoms with Gasteiger partial charge in [0.05, 0.1) is 0 Å². The van der Waals surface area contributed by atoms with Crippen molar-refractivity contribution in [2.24, 2.45) is 5.92 Å². The van der Waals surface area contributed by atoms with E-state index in [1.807, 2.05) is 6.08 Å². The molecule has 0 aromatic carbocycles. The fourth-order valence-corrected chi connectivity index (χ4v) is 1.82. The molecule has 0 spiro atoms. The maximum Gasteiger partial charge on any atom is -0.0250 e. The van der Waals surface area contributed by atoms with Crippen LogP contribution in [0, 0.1) is 5.92 Å². The van der Waals surface area contributed by atoms with Crippen molar-refractivity contribution in [3.8, 4) is 0 Å². The molecule has 1 aliphatic carbocycles. The van der Waals surface area contributed by atoms with Crippen LogP contribution in [0.4, 0.5) is 0 Å². The standard InChI is InChI=1S/C12H18/c1-4-6-12-9-10(3)7-8-11(12)5-2/h4-6,10H,1,7-9H2,2-3H3/b11-5-,12-6-. The lowest BCUT2D eigenvalue weighted by Crippen LogP contribution is -2.07. The van der Waals surface area contributed by atoms with E-state index >= 15 is 0 Å². The lowest BCUT2D eigenvalue weighted by molar-refractivity contribution is 0.497. The molecule has 0 aliphatic heterocycles. The number of hydrogen-bond acceptors (Lipinski definition) is 0. The van der Waals surface area contributed by atoms with Crippen LogP contribution in [0.2, 0.25) is 0 Å². The minimum absolute atomic E-state index is 0.847. The topological polar surface area (TPSA) is 0 Å². The van der Waals surface area contributed by atoms with Gasteiger partial charge in [0.15, 0.2) is 0 Å². The van der Waals surface area contributed by atoms with E-state index in [4.69, 9.17) is 0 Å². The molecule has 0 aromatic rings. The van der Waals surface area contributed by atoms with Crippen LogP contribution in [0.5, 0.6) is 0 Å². The van der Waals surface area contributed by atoms with Gasteiger partial charge in [0.2, 0.25) is 0 Å². The average Bonchev–Trinajstić information content (AvgIpc) is 2.05. The molecule has 1 aliphatic rings. The van der Waals surface area contributed by atoms with Crippen molar-refractivity contribution < 1.29 is 0 Å². The summed E-state index contributed by atoms with van der Waals surface area (Å²) in [7, 11) is 0. The van der Waals surface area contributed by atoms with E-state index in [-0.39, 0.29) is 0 Å². The summed E-state index contributed by atoms with van der Waals surface area (Å²) in [5.74, 6) is 0.847. The Hall–Kier alpha value is -0.780. The maximum absolute atomic E-state index is 3.74. The van der Waals surface area contributed by atoms with Gasteiger partial charge in [0, 0.05) is 0 Å². The lowest BCUT2D eigenvalue weighted by atomic mass is 9.83. The Labute approximate surface area is 75.7 Å². The second-order valence-corrected chi connectivity index (χ2v) is 3.59. The summed E-state index contributed by atoms with van der Waals surface area (Å²) in [6.07, 6.45) is 10.1. The van der Waals surface area contributed by atoms with E-state index in [1.165, 1.54) is 30.4 Å². The number of allylic oxidation sites excluding steroid dienone is 5. The monoisotopic (exact) mass is 162 g/mol. The first-order chi connectivity index (χ1) is 5.77. The lowest BCUT2D eigenvalue weighted by Gasteiger charge is -2.23. The molecular weight excluding hydrogens is 144 g/mol. The Kier molecular flexibility index (Phi) is 3.33. The molecule has 66 valence electrons. The molecule has 0 heteroatoms. The highest BCUT2D eigenvalue weighted by Crippen LogP contribution is 2.32. The number of hydrogen-bond donors (Lipinski definition) is 0. The Morgan fingerprint density at radius 1 is 1.42 bits per heavy atom. The summed E-state index contributed by atoms with van der Waals surface area (Å²) >= 11 is 0. The minimum atomic E-state index is 0.847. The van der Waals surface area contributed by atoms with Gasteiger partial charge < -0.3 is 0 Å². The normalized spacial score (nSPS) is 31.0. The first-order valence-corrected chi connectivity index (χ1v) is 4.75. The first kappa shape index (κ1) is 9.31. The highest BCUT2D eigenvalue weighted by molar-refractivity contribution is 5.35. The first-order valence-electron chi connectivity index (χ1n) is 4.75. The molecule has 0 radical (unpaired) electrons. The third kappa shape index (κ3) is 2.10. The molecule has 0 N–H and O–H groups in total. The molecule has 1 rings (SSSR count). The van der Waals surface area contributed by atoms with Crippen LogP contribution in [0.1, 0.15) is 33.1 Å². The zero-order valence-corrected chi connectivity index (χ0v) is 8.14. The van der Waals surface area contributed by atoms with Crippen LogP contribution >= 0.6 is 0 Å². The predicted molar refractivity (Wildman–Crippen MR) is 55.1 cm³/mol. The summed E-state index contributed by atoms with van der Waals surface area (Å²) in [6.45, 7) is 8.19. The van der Waals surface area contributed by atoms with Crippen LogP contribution in [-0.4, -0.2) is 0 Å². The predicted octanol–water partition coefficient (Wildman–Crippen LogP) is 3.87. The quantitative estimate of drug-likeness (QED) is 0.549. The van der Waals surface area contributed by atoms with Gasteiger partial charge in [-0.05, 0) is 43.3 Å². The van der Waals surface area contributed by atoms with Crippen molar-refractivity contribution in [1.82, 2.24) is 0 Å². The van der Waals surface area contributed by atoms with Gasteiger partial charge in [-0.3, -0.25) is 0 Å². The third-order valence-electron chi connectivity index (χ3n) is 2.55. The van der Waals surface area contributed by atoms with Crippen molar-refractivity contribution in [2.75, 3.05) is 0 Å². The van der Waals surface area contributed by atoms with Crippen molar-refractivity contribution in [3.05, 3.63) is 36.0 Å². The number of rotatable bonds is 1. The zero-order chi connectivity index (χ0) is 8.97. The molecule has 0 heterocycles. The Balaban J connectivity index is 2.78. The van der Waals surface area contributed by atoms with Crippen LogP contribution in [0.15, 0.2) is 36.0 Å². The second kappa shape index (κ2) is 4.30. The van der Waals surface area contributed by atoms with Crippen molar-refractivity contribution >= 4 is 0 Å². The smallest absolute Gasteiger partial charge is 0.0250 e. The Bertz CT molecular complexity index is 218. The van der Waals surface area contributed by atoms with Crippen molar-refractivity contribution in [3.63, 3.8) is 0 Å². The van der Waals surface area contributed by atoms with Crippen LogP contribution in [-0.2, 0) is 0 Å². The highest BCUT2D eigenvalue weighted by Gasteiger charge is 2.15. The fourth-order valence-electron chi connectivity index (χ4n) is 1.82. The third-order valence-corrected chi connectivity index (χ3v) is 2.55. The van der Waals surface area contributed by atoms with Crippen molar-refractivity contribution in [1.29, 1.82) is 0 Å². The van der Waals surface area contributed by atoms with E-state index < -0.39 is 0 Å². The molecule has 0 aromatic heterocycles. The molecule has 1 saturated carbocycles. The largest absolute Gasteiger partial charge is 0.0991 e. The van der Waals surface area contributed by atoms with E-state index in [0.29, 0.717) is 0 Å². The molecule has 1 atom stereocenters. The van der Waals surface area contributed by atoms with Gasteiger partial charge in [-0.25, -0.2) is 0 Å². The van der Waals surface area contributed by atoms with Crippen molar-refractivity contribution in [2.45, 2.75) is 33.1 Å². The molecule has 0 amide bonds. The molecule has 0 nitrogen and oxygen atoms in total. The minimum Gasteiger partial charge on any atom is -0.0991 e. The highest BCUT2D eigenvalue weighted by atomic mass is 14.2. The summed E-state index contributed by atoms with van der Waals surface area (Å²) in [6, 6.07) is 0. The zero-order valence-electron chi connectivity index (χ0n) is 8.14. The van der Waals surface area contributed by atoms with E-state index in [1.54, 1.807) is 0 Å². The molecule has 12 heavy (non-hydrogen) atoms. The van der Waals surface area contributed by atoms with Crippen LogP contribution < -0.4 is 0 Å².